The van der Waals surface area contributed by atoms with Crippen LogP contribution in [0, 0.1) is 0 Å². The van der Waals surface area contributed by atoms with E-state index in [1.807, 2.05) is 42.5 Å². The van der Waals surface area contributed by atoms with Crippen LogP contribution in [0.15, 0.2) is 70.3 Å². The summed E-state index contributed by atoms with van der Waals surface area (Å²) in [5.41, 5.74) is 0.562. The second kappa shape index (κ2) is 6.57. The summed E-state index contributed by atoms with van der Waals surface area (Å²) < 4.78 is 1.12. The predicted molar refractivity (Wildman–Crippen MR) is 106 cm³/mol. The first-order valence-corrected chi connectivity index (χ1v) is 8.64. The molecule has 0 radical (unpaired) electrons. The van der Waals surface area contributed by atoms with Crippen LogP contribution in [0.5, 0.6) is 0 Å². The number of carbonyl (C=O) groups excluding carboxylic acids is 1. The molecule has 4 aromatic rings. The summed E-state index contributed by atoms with van der Waals surface area (Å²) in [6.45, 7) is 2.02. The molecule has 0 spiro atoms. The molecule has 0 unspecified atom stereocenters. The summed E-state index contributed by atoms with van der Waals surface area (Å²) in [6, 6.07) is 18.1. The van der Waals surface area contributed by atoms with Crippen LogP contribution in [0.3, 0.4) is 0 Å². The molecule has 0 aliphatic heterocycles. The van der Waals surface area contributed by atoms with Crippen molar-refractivity contribution >= 4 is 33.3 Å². The number of fused-ring (bicyclic) bond motifs is 2. The van der Waals surface area contributed by atoms with Gasteiger partial charge in [0, 0.05) is 23.2 Å². The first kappa shape index (κ1) is 16.8. The van der Waals surface area contributed by atoms with Crippen molar-refractivity contribution in [3.8, 4) is 0 Å². The summed E-state index contributed by atoms with van der Waals surface area (Å²) in [7, 11) is 0. The second-order valence-electron chi connectivity index (χ2n) is 6.22. The van der Waals surface area contributed by atoms with E-state index in [4.69, 9.17) is 0 Å². The van der Waals surface area contributed by atoms with Crippen molar-refractivity contribution in [1.29, 1.82) is 0 Å². The van der Waals surface area contributed by atoms with Gasteiger partial charge in [0.1, 0.15) is 0 Å². The maximum Gasteiger partial charge on any atom is 0.328 e. The Balaban J connectivity index is 1.75. The number of rotatable bonds is 3. The third-order valence-electron chi connectivity index (χ3n) is 4.60. The van der Waals surface area contributed by atoms with Gasteiger partial charge in [-0.1, -0.05) is 36.4 Å². The lowest BCUT2D eigenvalue weighted by Crippen LogP contribution is -2.34. The topological polar surface area (TPSA) is 84.0 Å². The van der Waals surface area contributed by atoms with Gasteiger partial charge in [0.15, 0.2) is 0 Å². The maximum absolute atomic E-state index is 12.7. The molecular formula is C21H17N3O3. The fourth-order valence-corrected chi connectivity index (χ4v) is 3.21. The standard InChI is InChI=1S/C21H17N3O3/c1-2-24-20(26)16-11-10-14(12-18(16)23-21(24)27)19(25)22-17-9-5-7-13-6-3-4-8-15(13)17/h3-12H,2H2,1H3,(H,22,25)(H,23,27). The number of aromatic amines is 1. The second-order valence-corrected chi connectivity index (χ2v) is 6.22. The van der Waals surface area contributed by atoms with E-state index < -0.39 is 5.69 Å². The molecular weight excluding hydrogens is 342 g/mol. The van der Waals surface area contributed by atoms with Crippen LogP contribution in [0.4, 0.5) is 5.69 Å². The third kappa shape index (κ3) is 2.91. The fraction of sp³-hybridized carbons (Fsp3) is 0.0952. The Morgan fingerprint density at radius 1 is 1.00 bits per heavy atom. The number of benzene rings is 3. The number of amides is 1. The van der Waals surface area contributed by atoms with E-state index in [-0.39, 0.29) is 18.0 Å². The number of anilines is 1. The Morgan fingerprint density at radius 3 is 2.59 bits per heavy atom. The van der Waals surface area contributed by atoms with Gasteiger partial charge < -0.3 is 10.3 Å². The summed E-state index contributed by atoms with van der Waals surface area (Å²) in [5, 5.41) is 5.24. The van der Waals surface area contributed by atoms with Crippen LogP contribution in [0.25, 0.3) is 21.7 Å². The highest BCUT2D eigenvalue weighted by atomic mass is 16.2. The third-order valence-corrected chi connectivity index (χ3v) is 4.60. The molecule has 0 bridgehead atoms. The number of nitrogens with zero attached hydrogens (tertiary/aromatic N) is 1. The largest absolute Gasteiger partial charge is 0.328 e. The normalized spacial score (nSPS) is 11.0. The average Bonchev–Trinajstić information content (AvgIpc) is 2.68. The SMILES string of the molecule is CCn1c(=O)[nH]c2cc(C(=O)Nc3cccc4ccccc34)ccc2c1=O. The monoisotopic (exact) mass is 359 g/mol. The zero-order chi connectivity index (χ0) is 19.0. The van der Waals surface area contributed by atoms with Gasteiger partial charge >= 0.3 is 5.69 Å². The van der Waals surface area contributed by atoms with Crippen LogP contribution in [0.2, 0.25) is 0 Å². The lowest BCUT2D eigenvalue weighted by atomic mass is 10.1. The zero-order valence-corrected chi connectivity index (χ0v) is 14.7. The smallest absolute Gasteiger partial charge is 0.321 e. The van der Waals surface area contributed by atoms with Crippen LogP contribution >= 0.6 is 0 Å². The number of hydrogen-bond donors (Lipinski definition) is 2. The molecule has 0 aliphatic carbocycles. The summed E-state index contributed by atoms with van der Waals surface area (Å²) in [4.78, 5) is 39.7. The number of carbonyl (C=O) groups is 1. The van der Waals surface area contributed by atoms with Crippen molar-refractivity contribution in [2.45, 2.75) is 13.5 Å². The van der Waals surface area contributed by atoms with Gasteiger partial charge in [-0.15, -0.1) is 0 Å². The van der Waals surface area contributed by atoms with Crippen molar-refractivity contribution in [3.05, 3.63) is 87.1 Å². The maximum atomic E-state index is 12.7. The van der Waals surface area contributed by atoms with Crippen molar-refractivity contribution in [1.82, 2.24) is 9.55 Å². The number of nitrogens with one attached hydrogen (secondary N) is 2. The summed E-state index contributed by atoms with van der Waals surface area (Å²) in [5.74, 6) is -0.311. The molecule has 3 aromatic carbocycles. The first-order valence-electron chi connectivity index (χ1n) is 8.64. The van der Waals surface area contributed by atoms with Crippen molar-refractivity contribution in [2.75, 3.05) is 5.32 Å². The molecule has 134 valence electrons. The molecule has 1 heterocycles. The minimum Gasteiger partial charge on any atom is -0.321 e. The Kier molecular flexibility index (Phi) is 4.08. The van der Waals surface area contributed by atoms with E-state index >= 15 is 0 Å². The van der Waals surface area contributed by atoms with Gasteiger partial charge in [0.05, 0.1) is 10.9 Å². The highest BCUT2D eigenvalue weighted by molar-refractivity contribution is 6.10. The predicted octanol–water partition coefficient (Wildman–Crippen LogP) is 3.12. The number of H-pyrrole nitrogens is 1. The van der Waals surface area contributed by atoms with Crippen LogP contribution in [0.1, 0.15) is 17.3 Å². The molecule has 0 saturated heterocycles. The summed E-state index contributed by atoms with van der Waals surface area (Å²) in [6.07, 6.45) is 0. The first-order chi connectivity index (χ1) is 13.1. The molecule has 27 heavy (non-hydrogen) atoms. The van der Waals surface area contributed by atoms with Crippen LogP contribution in [-0.2, 0) is 6.54 Å². The lowest BCUT2D eigenvalue weighted by Gasteiger charge is -2.10. The molecule has 6 nitrogen and oxygen atoms in total. The Morgan fingerprint density at radius 2 is 1.78 bits per heavy atom. The van der Waals surface area contributed by atoms with Gasteiger partial charge in [-0.25, -0.2) is 4.79 Å². The van der Waals surface area contributed by atoms with Crippen molar-refractivity contribution < 1.29 is 4.79 Å². The van der Waals surface area contributed by atoms with Gasteiger partial charge in [-0.3, -0.25) is 14.2 Å². The zero-order valence-electron chi connectivity index (χ0n) is 14.7. The Labute approximate surface area is 154 Å². The van der Waals surface area contributed by atoms with Crippen molar-refractivity contribution in [3.63, 3.8) is 0 Å². The summed E-state index contributed by atoms with van der Waals surface area (Å²) >= 11 is 0. The molecule has 4 rings (SSSR count). The molecule has 0 aliphatic rings. The quantitative estimate of drug-likeness (QED) is 0.589. The van der Waals surface area contributed by atoms with Gasteiger partial charge in [-0.2, -0.15) is 0 Å². The van der Waals surface area contributed by atoms with E-state index in [9.17, 15) is 14.4 Å². The van der Waals surface area contributed by atoms with E-state index in [1.54, 1.807) is 19.1 Å². The lowest BCUT2D eigenvalue weighted by molar-refractivity contribution is 0.102. The molecule has 0 atom stereocenters. The number of hydrogen-bond acceptors (Lipinski definition) is 3. The molecule has 1 amide bonds. The van der Waals surface area contributed by atoms with E-state index in [0.29, 0.717) is 22.2 Å². The Bertz CT molecular complexity index is 1300. The highest BCUT2D eigenvalue weighted by Gasteiger charge is 2.12. The molecule has 6 heteroatoms. The van der Waals surface area contributed by atoms with Gasteiger partial charge in [-0.05, 0) is 36.6 Å². The van der Waals surface area contributed by atoms with Crippen LogP contribution < -0.4 is 16.6 Å². The number of aromatic nitrogens is 2. The molecule has 0 saturated carbocycles. The minimum atomic E-state index is -0.485. The van der Waals surface area contributed by atoms with Gasteiger partial charge in [0.2, 0.25) is 0 Å². The van der Waals surface area contributed by atoms with Crippen LogP contribution in [-0.4, -0.2) is 15.5 Å². The minimum absolute atomic E-state index is 0.285. The Hall–Kier alpha value is -3.67. The molecule has 0 fully saturated rings. The van der Waals surface area contributed by atoms with Gasteiger partial charge in [0.25, 0.3) is 11.5 Å². The van der Waals surface area contributed by atoms with E-state index in [0.717, 1.165) is 15.3 Å². The highest BCUT2D eigenvalue weighted by Crippen LogP contribution is 2.23. The molecule has 1 aromatic heterocycles. The van der Waals surface area contributed by atoms with E-state index in [2.05, 4.69) is 10.3 Å². The van der Waals surface area contributed by atoms with E-state index in [1.165, 1.54) is 6.07 Å². The fourth-order valence-electron chi connectivity index (χ4n) is 3.21. The average molecular weight is 359 g/mol. The van der Waals surface area contributed by atoms with Crippen molar-refractivity contribution in [2.24, 2.45) is 0 Å². The molecule has 2 N–H and O–H groups in total.